The van der Waals surface area contributed by atoms with Crippen molar-refractivity contribution < 1.29 is 14.3 Å². The molecule has 1 heterocycles. The van der Waals surface area contributed by atoms with Crippen molar-refractivity contribution in [3.8, 4) is 0 Å². The fraction of sp³-hybridized carbons (Fsp3) is 0.882. The van der Waals surface area contributed by atoms with Crippen LogP contribution in [0.2, 0.25) is 0 Å². The molecular weight excluding hydrogens is 294 g/mol. The van der Waals surface area contributed by atoms with Gasteiger partial charge in [0.25, 0.3) is 0 Å². The number of nitrogens with two attached hydrogens (primary N) is 1. The van der Waals surface area contributed by atoms with Crippen LogP contribution in [0.15, 0.2) is 0 Å². The molecule has 0 aromatic rings. The van der Waals surface area contributed by atoms with E-state index in [1.165, 1.54) is 0 Å². The average molecular weight is 327 g/mol. The van der Waals surface area contributed by atoms with E-state index in [-0.39, 0.29) is 30.0 Å². The highest BCUT2D eigenvalue weighted by Crippen LogP contribution is 2.22. The van der Waals surface area contributed by atoms with E-state index in [9.17, 15) is 9.59 Å². The molecule has 1 rings (SSSR count). The van der Waals surface area contributed by atoms with E-state index in [0.717, 1.165) is 6.42 Å². The Morgan fingerprint density at radius 1 is 1.22 bits per heavy atom. The van der Waals surface area contributed by atoms with Crippen LogP contribution in [0.4, 0.5) is 4.79 Å². The van der Waals surface area contributed by atoms with Crippen molar-refractivity contribution in [3.63, 3.8) is 0 Å². The van der Waals surface area contributed by atoms with Gasteiger partial charge in [0, 0.05) is 19.1 Å². The highest BCUT2D eigenvalue weighted by atomic mass is 16.6. The minimum atomic E-state index is -0.511. The summed E-state index contributed by atoms with van der Waals surface area (Å²) in [5.41, 5.74) is 5.54. The molecule has 2 atom stereocenters. The van der Waals surface area contributed by atoms with Crippen LogP contribution in [0.5, 0.6) is 0 Å². The summed E-state index contributed by atoms with van der Waals surface area (Å²) in [6.07, 6.45) is 0.442. The molecule has 23 heavy (non-hydrogen) atoms. The number of nitrogens with zero attached hydrogens (tertiary/aromatic N) is 2. The maximum atomic E-state index is 12.7. The molecule has 1 aliphatic rings. The van der Waals surface area contributed by atoms with Gasteiger partial charge in [0.15, 0.2) is 0 Å². The van der Waals surface area contributed by atoms with Crippen LogP contribution in [0.1, 0.15) is 54.9 Å². The van der Waals surface area contributed by atoms with Crippen LogP contribution in [0.3, 0.4) is 0 Å². The number of carbonyl (C=O) groups is 2. The molecule has 0 bridgehead atoms. The number of rotatable bonds is 4. The molecule has 0 aromatic heterocycles. The molecule has 1 aliphatic heterocycles. The second-order valence-corrected chi connectivity index (χ2v) is 7.98. The third kappa shape index (κ3) is 5.37. The van der Waals surface area contributed by atoms with E-state index in [0.29, 0.717) is 13.1 Å². The van der Waals surface area contributed by atoms with Gasteiger partial charge in [-0.3, -0.25) is 4.79 Å². The normalized spacial score (nSPS) is 20.1. The van der Waals surface area contributed by atoms with Crippen molar-refractivity contribution in [1.82, 2.24) is 9.80 Å². The minimum Gasteiger partial charge on any atom is -0.444 e. The molecule has 134 valence electrons. The maximum absolute atomic E-state index is 12.7. The fourth-order valence-corrected chi connectivity index (χ4v) is 2.77. The Labute approximate surface area is 140 Å². The van der Waals surface area contributed by atoms with Crippen molar-refractivity contribution in [2.45, 2.75) is 78.6 Å². The molecule has 2 amide bonds. The van der Waals surface area contributed by atoms with Gasteiger partial charge in [-0.2, -0.15) is 0 Å². The lowest BCUT2D eigenvalue weighted by Crippen LogP contribution is -2.54. The maximum Gasteiger partial charge on any atom is 0.410 e. The van der Waals surface area contributed by atoms with Gasteiger partial charge in [-0.25, -0.2) is 4.79 Å². The van der Waals surface area contributed by atoms with Gasteiger partial charge in [0.05, 0.1) is 12.1 Å². The molecule has 0 spiro atoms. The predicted molar refractivity (Wildman–Crippen MR) is 91.0 cm³/mol. The summed E-state index contributed by atoms with van der Waals surface area (Å²) in [6, 6.07) is -0.455. The summed E-state index contributed by atoms with van der Waals surface area (Å²) in [6.45, 7) is 14.5. The van der Waals surface area contributed by atoms with Crippen molar-refractivity contribution in [2.75, 3.05) is 13.1 Å². The van der Waals surface area contributed by atoms with E-state index >= 15 is 0 Å². The van der Waals surface area contributed by atoms with E-state index in [2.05, 4.69) is 0 Å². The Balaban J connectivity index is 2.77. The third-order valence-electron chi connectivity index (χ3n) is 4.02. The topological polar surface area (TPSA) is 75.9 Å². The zero-order valence-electron chi connectivity index (χ0n) is 15.6. The minimum absolute atomic E-state index is 0.000168. The Hall–Kier alpha value is -1.30. The van der Waals surface area contributed by atoms with Crippen LogP contribution >= 0.6 is 0 Å². The lowest BCUT2D eigenvalue weighted by Gasteiger charge is -2.35. The molecule has 6 nitrogen and oxygen atoms in total. The van der Waals surface area contributed by atoms with Crippen molar-refractivity contribution in [3.05, 3.63) is 0 Å². The van der Waals surface area contributed by atoms with Crippen LogP contribution < -0.4 is 5.73 Å². The van der Waals surface area contributed by atoms with E-state index < -0.39 is 11.6 Å². The smallest absolute Gasteiger partial charge is 0.410 e. The first kappa shape index (κ1) is 19.7. The quantitative estimate of drug-likeness (QED) is 0.859. The number of amides is 2. The summed E-state index contributed by atoms with van der Waals surface area (Å²) in [5, 5.41) is 0. The summed E-state index contributed by atoms with van der Waals surface area (Å²) < 4.78 is 5.42. The summed E-state index contributed by atoms with van der Waals surface area (Å²) in [4.78, 5) is 28.4. The monoisotopic (exact) mass is 327 g/mol. The number of carbonyl (C=O) groups excluding carboxylic acids is 2. The molecule has 0 aliphatic carbocycles. The van der Waals surface area contributed by atoms with Crippen LogP contribution in [-0.2, 0) is 9.53 Å². The third-order valence-corrected chi connectivity index (χ3v) is 4.02. The summed E-state index contributed by atoms with van der Waals surface area (Å²) in [7, 11) is 0. The highest BCUT2D eigenvalue weighted by molar-refractivity contribution is 5.82. The lowest BCUT2D eigenvalue weighted by atomic mass is 10.0. The molecule has 2 N–H and O–H groups in total. The van der Waals surface area contributed by atoms with Crippen molar-refractivity contribution in [1.29, 1.82) is 0 Å². The average Bonchev–Trinajstić information content (AvgIpc) is 2.84. The van der Waals surface area contributed by atoms with Gasteiger partial charge in [0.1, 0.15) is 5.60 Å². The first-order valence-corrected chi connectivity index (χ1v) is 8.49. The zero-order valence-corrected chi connectivity index (χ0v) is 15.6. The zero-order chi connectivity index (χ0) is 17.9. The van der Waals surface area contributed by atoms with Crippen molar-refractivity contribution in [2.24, 2.45) is 11.7 Å². The molecule has 0 radical (unpaired) electrons. The first-order chi connectivity index (χ1) is 10.4. The van der Waals surface area contributed by atoms with Crippen LogP contribution in [-0.4, -0.2) is 58.6 Å². The summed E-state index contributed by atoms with van der Waals surface area (Å²) >= 11 is 0. The van der Waals surface area contributed by atoms with Gasteiger partial charge in [-0.1, -0.05) is 13.8 Å². The Morgan fingerprint density at radius 2 is 1.78 bits per heavy atom. The largest absolute Gasteiger partial charge is 0.444 e. The Morgan fingerprint density at radius 3 is 2.22 bits per heavy atom. The van der Waals surface area contributed by atoms with Gasteiger partial charge >= 0.3 is 6.09 Å². The van der Waals surface area contributed by atoms with Crippen molar-refractivity contribution >= 4 is 12.0 Å². The predicted octanol–water partition coefficient (Wildman–Crippen LogP) is 2.22. The molecule has 0 saturated carbocycles. The Kier molecular flexibility index (Phi) is 6.45. The molecule has 0 aromatic carbocycles. The van der Waals surface area contributed by atoms with Gasteiger partial charge in [-0.05, 0) is 47.0 Å². The number of hydrogen-bond donors (Lipinski definition) is 1. The van der Waals surface area contributed by atoms with E-state index in [1.54, 1.807) is 4.90 Å². The number of hydrogen-bond acceptors (Lipinski definition) is 4. The van der Waals surface area contributed by atoms with Crippen LogP contribution in [0.25, 0.3) is 0 Å². The molecular formula is C17H33N3O3. The molecule has 1 fully saturated rings. The standard InChI is InChI=1S/C17H33N3O3/c1-11(2)14(18)15(21)20(12(3)4)13-8-9-19(10-13)16(22)23-17(5,6)7/h11-14H,8-10,18H2,1-7H3/t13-,14-/m0/s1. The molecule has 6 heteroatoms. The first-order valence-electron chi connectivity index (χ1n) is 8.49. The summed E-state index contributed by atoms with van der Waals surface area (Å²) in [5.74, 6) is 0.0538. The molecule has 1 saturated heterocycles. The lowest BCUT2D eigenvalue weighted by molar-refractivity contribution is -0.137. The van der Waals surface area contributed by atoms with Gasteiger partial charge in [-0.15, -0.1) is 0 Å². The second kappa shape index (κ2) is 7.51. The SMILES string of the molecule is CC(C)[C@H](N)C(=O)N(C(C)C)[C@H]1CCN(C(=O)OC(C)(C)C)C1. The fourth-order valence-electron chi connectivity index (χ4n) is 2.77. The van der Waals surface area contributed by atoms with E-state index in [1.807, 2.05) is 53.4 Å². The Bertz CT molecular complexity index is 429. The molecule has 0 unspecified atom stereocenters. The second-order valence-electron chi connectivity index (χ2n) is 7.98. The van der Waals surface area contributed by atoms with Gasteiger partial charge in [0.2, 0.25) is 5.91 Å². The van der Waals surface area contributed by atoms with Crippen LogP contribution in [0, 0.1) is 5.92 Å². The highest BCUT2D eigenvalue weighted by Gasteiger charge is 2.37. The number of likely N-dealkylation sites (tertiary alicyclic amines) is 1. The number of ether oxygens (including phenoxy) is 1. The van der Waals surface area contributed by atoms with Gasteiger partial charge < -0.3 is 20.3 Å². The van der Waals surface area contributed by atoms with E-state index in [4.69, 9.17) is 10.5 Å².